The van der Waals surface area contributed by atoms with Gasteiger partial charge in [-0.25, -0.2) is 4.79 Å². The third-order valence-electron chi connectivity index (χ3n) is 4.99. The minimum Gasteiger partial charge on any atom is -0.456 e. The van der Waals surface area contributed by atoms with Crippen molar-refractivity contribution in [3.05, 3.63) is 0 Å². The molecule has 1 rings (SSSR count). The zero-order chi connectivity index (χ0) is 19.3. The van der Waals surface area contributed by atoms with Crippen LogP contribution >= 0.6 is 0 Å². The Labute approximate surface area is 147 Å². The highest BCUT2D eigenvalue weighted by Gasteiger charge is 2.40. The Balaban J connectivity index is 2.73. The summed E-state index contributed by atoms with van der Waals surface area (Å²) in [7, 11) is 0. The van der Waals surface area contributed by atoms with Crippen LogP contribution in [-0.2, 0) is 14.3 Å². The van der Waals surface area contributed by atoms with Crippen LogP contribution in [0.5, 0.6) is 0 Å². The lowest BCUT2D eigenvalue weighted by molar-refractivity contribution is -0.173. The summed E-state index contributed by atoms with van der Waals surface area (Å²) in [6.45, 7) is 5.22. The van der Waals surface area contributed by atoms with Gasteiger partial charge in [-0.2, -0.15) is 0 Å². The molecule has 8 nitrogen and oxygen atoms in total. The van der Waals surface area contributed by atoms with Gasteiger partial charge in [0.25, 0.3) is 5.78 Å². The van der Waals surface area contributed by atoms with Crippen molar-refractivity contribution in [3.63, 3.8) is 0 Å². The summed E-state index contributed by atoms with van der Waals surface area (Å²) >= 11 is 0. The summed E-state index contributed by atoms with van der Waals surface area (Å²) in [6, 6.07) is 0. The van der Waals surface area contributed by atoms with Crippen LogP contribution in [0.25, 0.3) is 0 Å². The molecule has 25 heavy (non-hydrogen) atoms. The van der Waals surface area contributed by atoms with E-state index in [1.807, 2.05) is 13.8 Å². The predicted octanol–water partition coefficient (Wildman–Crippen LogP) is -1.00. The molecule has 0 spiro atoms. The van der Waals surface area contributed by atoms with Crippen molar-refractivity contribution in [3.8, 4) is 0 Å². The van der Waals surface area contributed by atoms with Crippen LogP contribution in [0.2, 0.25) is 0 Å². The Morgan fingerprint density at radius 1 is 1.08 bits per heavy atom. The van der Waals surface area contributed by atoms with Crippen LogP contribution in [0.4, 0.5) is 0 Å². The van der Waals surface area contributed by atoms with Crippen LogP contribution in [0.15, 0.2) is 0 Å². The minimum absolute atomic E-state index is 0.0920. The molecule has 0 heterocycles. The maximum atomic E-state index is 12.1. The molecule has 146 valence electrons. The molecule has 1 aliphatic carbocycles. The maximum Gasteiger partial charge on any atom is 0.377 e. The summed E-state index contributed by atoms with van der Waals surface area (Å²) in [4.78, 5) is 24.0. The molecule has 1 aliphatic rings. The van der Waals surface area contributed by atoms with E-state index < -0.39 is 48.9 Å². The lowest BCUT2D eigenvalue weighted by Gasteiger charge is -2.38. The van der Waals surface area contributed by atoms with Gasteiger partial charge < -0.3 is 30.3 Å². The Hall–Kier alpha value is -1.06. The normalized spacial score (nSPS) is 28.9. The number of carbonyl (C=O) groups excluding carboxylic acids is 2. The van der Waals surface area contributed by atoms with Crippen LogP contribution in [0.3, 0.4) is 0 Å². The second-order valence-electron chi connectivity index (χ2n) is 7.21. The highest BCUT2D eigenvalue weighted by molar-refractivity contribution is 6.35. The van der Waals surface area contributed by atoms with E-state index in [0.29, 0.717) is 12.3 Å². The molecule has 0 aromatic carbocycles. The number of aliphatic hydroxyl groups is 5. The van der Waals surface area contributed by atoms with Gasteiger partial charge in [0.05, 0.1) is 6.61 Å². The highest BCUT2D eigenvalue weighted by Crippen LogP contribution is 2.36. The summed E-state index contributed by atoms with van der Waals surface area (Å²) in [6.07, 6.45) is -6.04. The molecule has 0 radical (unpaired) electrons. The van der Waals surface area contributed by atoms with Crippen molar-refractivity contribution in [2.45, 2.75) is 70.6 Å². The van der Waals surface area contributed by atoms with Crippen molar-refractivity contribution >= 4 is 11.8 Å². The van der Waals surface area contributed by atoms with Gasteiger partial charge in [0.15, 0.2) is 6.10 Å². The van der Waals surface area contributed by atoms with E-state index in [4.69, 9.17) is 9.84 Å². The fourth-order valence-corrected chi connectivity index (χ4v) is 3.61. The average Bonchev–Trinajstić information content (AvgIpc) is 2.57. The molecule has 8 heteroatoms. The van der Waals surface area contributed by atoms with Gasteiger partial charge in [-0.1, -0.05) is 27.2 Å². The molecule has 1 saturated carbocycles. The number of ether oxygens (including phenoxy) is 1. The van der Waals surface area contributed by atoms with Gasteiger partial charge in [0, 0.05) is 5.92 Å². The first kappa shape index (κ1) is 22.0. The second-order valence-corrected chi connectivity index (χ2v) is 7.21. The molecule has 3 unspecified atom stereocenters. The summed E-state index contributed by atoms with van der Waals surface area (Å²) in [5.74, 6) is -1.99. The van der Waals surface area contributed by atoms with Gasteiger partial charge in [0.2, 0.25) is 0 Å². The minimum atomic E-state index is -2.25. The Morgan fingerprint density at radius 2 is 1.68 bits per heavy atom. The fourth-order valence-electron chi connectivity index (χ4n) is 3.61. The molecule has 0 amide bonds. The highest BCUT2D eigenvalue weighted by atomic mass is 16.6. The number of ketones is 1. The zero-order valence-electron chi connectivity index (χ0n) is 14.9. The number of hydrogen-bond acceptors (Lipinski definition) is 8. The first-order valence-electron chi connectivity index (χ1n) is 8.69. The Morgan fingerprint density at radius 3 is 2.20 bits per heavy atom. The van der Waals surface area contributed by atoms with Crippen molar-refractivity contribution < 1.29 is 39.9 Å². The monoisotopic (exact) mass is 362 g/mol. The fraction of sp³-hybridized carbons (Fsp3) is 0.882. The quantitative estimate of drug-likeness (QED) is 0.273. The molecule has 0 bridgehead atoms. The van der Waals surface area contributed by atoms with E-state index >= 15 is 0 Å². The topological polar surface area (TPSA) is 145 Å². The van der Waals surface area contributed by atoms with Crippen molar-refractivity contribution in [1.82, 2.24) is 0 Å². The van der Waals surface area contributed by atoms with E-state index in [-0.39, 0.29) is 11.8 Å². The third kappa shape index (κ3) is 5.46. The van der Waals surface area contributed by atoms with E-state index in [1.165, 1.54) is 0 Å². The molecule has 7 atom stereocenters. The van der Waals surface area contributed by atoms with Crippen molar-refractivity contribution in [2.75, 3.05) is 6.61 Å². The number of rotatable bonds is 8. The van der Waals surface area contributed by atoms with Crippen LogP contribution in [0.1, 0.15) is 40.0 Å². The SMILES string of the molecule is CC(C)C1C(C)CCCC1OC(=O)C(=O)[C@H](O)[C@@H](O)[C@H](O)[C@H](O)CO. The molecule has 0 aromatic rings. The van der Waals surface area contributed by atoms with Crippen LogP contribution < -0.4 is 0 Å². The van der Waals surface area contributed by atoms with Gasteiger partial charge in [0.1, 0.15) is 24.4 Å². The first-order valence-corrected chi connectivity index (χ1v) is 8.69. The average molecular weight is 362 g/mol. The van der Waals surface area contributed by atoms with Gasteiger partial charge in [-0.15, -0.1) is 0 Å². The van der Waals surface area contributed by atoms with E-state index in [2.05, 4.69) is 6.92 Å². The van der Waals surface area contributed by atoms with Crippen molar-refractivity contribution in [2.24, 2.45) is 17.8 Å². The molecular formula is C17H30O8. The summed E-state index contributed by atoms with van der Waals surface area (Å²) in [5, 5.41) is 47.0. The number of aliphatic hydroxyl groups excluding tert-OH is 5. The standard InChI is InChI=1S/C17H30O8/c1-8(2)12-9(3)5-4-6-11(12)25-17(24)16(23)15(22)14(21)13(20)10(19)7-18/h8-15,18-22H,4-7H2,1-3H3/t9?,10-,11?,12?,13-,14+,15-/m1/s1. The number of esters is 1. The largest absolute Gasteiger partial charge is 0.456 e. The van der Waals surface area contributed by atoms with Crippen molar-refractivity contribution in [1.29, 1.82) is 0 Å². The van der Waals surface area contributed by atoms with E-state index in [9.17, 15) is 30.0 Å². The van der Waals surface area contributed by atoms with Gasteiger partial charge in [-0.3, -0.25) is 4.79 Å². The maximum absolute atomic E-state index is 12.1. The Bertz CT molecular complexity index is 452. The molecule has 1 fully saturated rings. The number of carbonyl (C=O) groups is 2. The van der Waals surface area contributed by atoms with Gasteiger partial charge in [-0.05, 0) is 24.7 Å². The van der Waals surface area contributed by atoms with E-state index in [0.717, 1.165) is 12.8 Å². The second kappa shape index (κ2) is 9.59. The number of Topliss-reactive ketones (excluding diaryl/α,β-unsaturated/α-hetero) is 1. The molecule has 0 aliphatic heterocycles. The lowest BCUT2D eigenvalue weighted by atomic mass is 9.72. The Kier molecular flexibility index (Phi) is 8.43. The molecule has 0 aromatic heterocycles. The van der Waals surface area contributed by atoms with Crippen LogP contribution in [-0.4, -0.2) is 74.4 Å². The smallest absolute Gasteiger partial charge is 0.377 e. The van der Waals surface area contributed by atoms with E-state index in [1.54, 1.807) is 0 Å². The molecular weight excluding hydrogens is 332 g/mol. The first-order chi connectivity index (χ1) is 11.6. The summed E-state index contributed by atoms with van der Waals surface area (Å²) < 4.78 is 5.28. The van der Waals surface area contributed by atoms with Crippen LogP contribution in [0, 0.1) is 17.8 Å². The summed E-state index contributed by atoms with van der Waals surface area (Å²) in [5.41, 5.74) is 0. The predicted molar refractivity (Wildman–Crippen MR) is 87.3 cm³/mol. The number of hydrogen-bond donors (Lipinski definition) is 5. The zero-order valence-corrected chi connectivity index (χ0v) is 14.9. The molecule has 0 saturated heterocycles. The van der Waals surface area contributed by atoms with Gasteiger partial charge >= 0.3 is 5.97 Å². The third-order valence-corrected chi connectivity index (χ3v) is 4.99. The molecule has 5 N–H and O–H groups in total. The lowest BCUT2D eigenvalue weighted by Crippen LogP contribution is -2.51.